The van der Waals surface area contributed by atoms with Gasteiger partial charge in [-0.3, -0.25) is 0 Å². The summed E-state index contributed by atoms with van der Waals surface area (Å²) in [7, 11) is 0. The molecule has 2 N–H and O–H groups in total. The van der Waals surface area contributed by atoms with Crippen molar-refractivity contribution >= 4 is 17.4 Å². The number of allylic oxidation sites excluding steroid dienone is 4. The molecule has 5 rings (SSSR count). The first-order chi connectivity index (χ1) is 16.0. The van der Waals surface area contributed by atoms with E-state index in [1.807, 2.05) is 6.92 Å². The van der Waals surface area contributed by atoms with Crippen LogP contribution in [0.5, 0.6) is 0 Å². The van der Waals surface area contributed by atoms with E-state index in [0.29, 0.717) is 12.5 Å². The molecule has 0 spiro atoms. The molecule has 2 aromatic carbocycles. The van der Waals surface area contributed by atoms with E-state index in [2.05, 4.69) is 96.1 Å². The molecule has 4 heteroatoms. The normalized spacial score (nSPS) is 27.7. The van der Waals surface area contributed by atoms with Crippen LogP contribution in [0.25, 0.3) is 0 Å². The van der Waals surface area contributed by atoms with Gasteiger partial charge in [-0.25, -0.2) is 4.79 Å². The monoisotopic (exact) mass is 441 g/mol. The van der Waals surface area contributed by atoms with Gasteiger partial charge in [-0.15, -0.1) is 0 Å². The van der Waals surface area contributed by atoms with E-state index in [1.54, 1.807) is 0 Å². The maximum atomic E-state index is 12.5. The fourth-order valence-electron chi connectivity index (χ4n) is 6.11. The van der Waals surface area contributed by atoms with Gasteiger partial charge in [-0.05, 0) is 60.9 Å². The lowest BCUT2D eigenvalue weighted by Gasteiger charge is -2.52. The number of amides is 2. The van der Waals surface area contributed by atoms with Crippen molar-refractivity contribution in [3.63, 3.8) is 0 Å². The molecule has 2 aromatic rings. The SMILES string of the molecule is CCNC(=O)Nc1cc2c3c(c1)[C@@](C)(C1C=CC=CC1)CCN3CC[C@@]2(C)c1ccccc1. The van der Waals surface area contributed by atoms with Crippen molar-refractivity contribution in [2.24, 2.45) is 5.92 Å². The maximum Gasteiger partial charge on any atom is 0.319 e. The number of benzene rings is 2. The largest absolute Gasteiger partial charge is 0.371 e. The fourth-order valence-corrected chi connectivity index (χ4v) is 6.11. The first-order valence-electron chi connectivity index (χ1n) is 12.3. The van der Waals surface area contributed by atoms with E-state index < -0.39 is 0 Å². The van der Waals surface area contributed by atoms with Gasteiger partial charge < -0.3 is 15.5 Å². The van der Waals surface area contributed by atoms with Crippen LogP contribution in [0.1, 0.15) is 56.7 Å². The highest BCUT2D eigenvalue weighted by atomic mass is 16.2. The summed E-state index contributed by atoms with van der Waals surface area (Å²) in [6.45, 7) is 9.50. The molecule has 0 aromatic heterocycles. The Bertz CT molecular complexity index is 1110. The standard InChI is InChI=1S/C29H35N3O/c1-4-30-27(33)31-23-19-24-26-25(20-23)29(3,22-13-9-6-10-14-22)16-18-32(26)17-15-28(24,2)21-11-7-5-8-12-21/h5-13,19-20,22H,4,14-18H2,1-3H3,(H2,30,31,33)/t22?,28-,29+/m0/s1. The van der Waals surface area contributed by atoms with Crippen LogP contribution in [0.15, 0.2) is 66.8 Å². The second kappa shape index (κ2) is 8.40. The van der Waals surface area contributed by atoms with E-state index in [1.165, 1.54) is 22.4 Å². The summed E-state index contributed by atoms with van der Waals surface area (Å²) in [5, 5.41) is 6.03. The average Bonchev–Trinajstić information content (AvgIpc) is 2.84. The van der Waals surface area contributed by atoms with Crippen molar-refractivity contribution in [3.8, 4) is 0 Å². The van der Waals surface area contributed by atoms with Gasteiger partial charge in [0.2, 0.25) is 0 Å². The Morgan fingerprint density at radius 1 is 1.06 bits per heavy atom. The number of hydrogen-bond acceptors (Lipinski definition) is 2. The molecule has 0 radical (unpaired) electrons. The van der Waals surface area contributed by atoms with Crippen LogP contribution in [-0.2, 0) is 10.8 Å². The Morgan fingerprint density at radius 2 is 1.82 bits per heavy atom. The summed E-state index contributed by atoms with van der Waals surface area (Å²) in [5.41, 5.74) is 6.27. The Kier molecular flexibility index (Phi) is 5.55. The molecule has 1 unspecified atom stereocenters. The Labute approximate surface area is 197 Å². The molecule has 2 amide bonds. The van der Waals surface area contributed by atoms with Gasteiger partial charge in [-0.2, -0.15) is 0 Å². The van der Waals surface area contributed by atoms with Gasteiger partial charge in [0.1, 0.15) is 0 Å². The summed E-state index contributed by atoms with van der Waals surface area (Å²) in [6.07, 6.45) is 12.3. The average molecular weight is 442 g/mol. The zero-order valence-corrected chi connectivity index (χ0v) is 20.0. The highest BCUT2D eigenvalue weighted by Crippen LogP contribution is 2.55. The van der Waals surface area contributed by atoms with Crippen LogP contribution in [0.4, 0.5) is 16.2 Å². The van der Waals surface area contributed by atoms with Crippen molar-refractivity contribution < 1.29 is 4.79 Å². The summed E-state index contributed by atoms with van der Waals surface area (Å²) < 4.78 is 0. The van der Waals surface area contributed by atoms with Crippen LogP contribution in [-0.4, -0.2) is 25.7 Å². The highest BCUT2D eigenvalue weighted by molar-refractivity contribution is 5.90. The molecule has 3 aliphatic rings. The molecule has 2 aliphatic heterocycles. The number of nitrogens with one attached hydrogen (secondary N) is 2. The van der Waals surface area contributed by atoms with Crippen LogP contribution in [0.3, 0.4) is 0 Å². The minimum atomic E-state index is -0.142. The quantitative estimate of drug-likeness (QED) is 0.599. The second-order valence-electron chi connectivity index (χ2n) is 10.2. The molecule has 33 heavy (non-hydrogen) atoms. The molecule has 0 bridgehead atoms. The number of rotatable bonds is 4. The number of carbonyl (C=O) groups excluding carboxylic acids is 1. The second-order valence-corrected chi connectivity index (χ2v) is 10.2. The molecule has 172 valence electrons. The molecule has 2 heterocycles. The summed E-state index contributed by atoms with van der Waals surface area (Å²) in [6, 6.07) is 15.2. The minimum absolute atomic E-state index is 0.0235. The van der Waals surface area contributed by atoms with Gasteiger partial charge >= 0.3 is 6.03 Å². The van der Waals surface area contributed by atoms with Gasteiger partial charge in [0.25, 0.3) is 0 Å². The predicted molar refractivity (Wildman–Crippen MR) is 137 cm³/mol. The van der Waals surface area contributed by atoms with Gasteiger partial charge in [0, 0.05) is 41.8 Å². The van der Waals surface area contributed by atoms with Crippen LogP contribution in [0, 0.1) is 5.92 Å². The molecule has 4 nitrogen and oxygen atoms in total. The van der Waals surface area contributed by atoms with Crippen molar-refractivity contribution in [3.05, 3.63) is 83.5 Å². The zero-order chi connectivity index (χ0) is 23.1. The third-order valence-corrected chi connectivity index (χ3v) is 8.22. The minimum Gasteiger partial charge on any atom is -0.371 e. The number of nitrogens with zero attached hydrogens (tertiary/aromatic N) is 1. The number of hydrogen-bond donors (Lipinski definition) is 2. The van der Waals surface area contributed by atoms with Gasteiger partial charge in [-0.1, -0.05) is 68.5 Å². The van der Waals surface area contributed by atoms with Crippen molar-refractivity contribution in [1.82, 2.24) is 5.32 Å². The predicted octanol–water partition coefficient (Wildman–Crippen LogP) is 6.14. The van der Waals surface area contributed by atoms with E-state index in [4.69, 9.17) is 0 Å². The number of carbonyl (C=O) groups is 1. The Hall–Kier alpha value is -3.01. The lowest BCUT2D eigenvalue weighted by Crippen LogP contribution is -2.48. The summed E-state index contributed by atoms with van der Waals surface area (Å²) in [4.78, 5) is 15.1. The van der Waals surface area contributed by atoms with Crippen LogP contribution >= 0.6 is 0 Å². The van der Waals surface area contributed by atoms with Crippen molar-refractivity contribution in [2.75, 3.05) is 29.9 Å². The van der Waals surface area contributed by atoms with Crippen molar-refractivity contribution in [1.29, 1.82) is 0 Å². The summed E-state index contributed by atoms with van der Waals surface area (Å²) in [5.74, 6) is 0.457. The molecular formula is C29H35N3O. The Morgan fingerprint density at radius 3 is 2.55 bits per heavy atom. The van der Waals surface area contributed by atoms with E-state index in [9.17, 15) is 4.79 Å². The van der Waals surface area contributed by atoms with Crippen LogP contribution < -0.4 is 15.5 Å². The van der Waals surface area contributed by atoms with E-state index in [-0.39, 0.29) is 16.9 Å². The lowest BCUT2D eigenvalue weighted by atomic mass is 9.61. The van der Waals surface area contributed by atoms with Gasteiger partial charge in [0.05, 0.1) is 0 Å². The number of urea groups is 1. The number of anilines is 2. The van der Waals surface area contributed by atoms with E-state index in [0.717, 1.165) is 38.0 Å². The third kappa shape index (κ3) is 3.66. The topological polar surface area (TPSA) is 44.4 Å². The molecular weight excluding hydrogens is 406 g/mol. The van der Waals surface area contributed by atoms with Crippen LogP contribution in [0.2, 0.25) is 0 Å². The molecule has 0 saturated heterocycles. The Balaban J connectivity index is 1.70. The first-order valence-corrected chi connectivity index (χ1v) is 12.3. The van der Waals surface area contributed by atoms with Gasteiger partial charge in [0.15, 0.2) is 0 Å². The lowest BCUT2D eigenvalue weighted by molar-refractivity contribution is 0.252. The maximum absolute atomic E-state index is 12.5. The fraction of sp³-hybridized carbons (Fsp3) is 0.414. The highest BCUT2D eigenvalue weighted by Gasteiger charge is 2.46. The smallest absolute Gasteiger partial charge is 0.319 e. The summed E-state index contributed by atoms with van der Waals surface area (Å²) >= 11 is 0. The molecule has 0 saturated carbocycles. The molecule has 1 aliphatic carbocycles. The zero-order valence-electron chi connectivity index (χ0n) is 20.0. The molecule has 0 fully saturated rings. The van der Waals surface area contributed by atoms with Crippen molar-refractivity contribution in [2.45, 2.75) is 50.9 Å². The first kappa shape index (κ1) is 21.8. The molecule has 3 atom stereocenters. The van der Waals surface area contributed by atoms with E-state index >= 15 is 0 Å². The third-order valence-electron chi connectivity index (χ3n) is 8.22.